The summed E-state index contributed by atoms with van der Waals surface area (Å²) in [4.78, 5) is 11.4. The molecule has 0 atom stereocenters. The van der Waals surface area contributed by atoms with Gasteiger partial charge in [0.1, 0.15) is 6.07 Å². The number of fused-ring (bicyclic) bond motifs is 1. The third-order valence-electron chi connectivity index (χ3n) is 8.21. The van der Waals surface area contributed by atoms with Gasteiger partial charge in [-0.15, -0.1) is 11.3 Å². The van der Waals surface area contributed by atoms with Gasteiger partial charge in [0.05, 0.1) is 16.8 Å². The number of anilines is 2. The van der Waals surface area contributed by atoms with Crippen LogP contribution in [0.15, 0.2) is 54.0 Å². The van der Waals surface area contributed by atoms with Crippen LogP contribution in [0.3, 0.4) is 0 Å². The largest absolute Gasteiger partial charge is 0.354 e. The molecule has 0 aliphatic carbocycles. The second-order valence-corrected chi connectivity index (χ2v) is 11.9. The lowest BCUT2D eigenvalue weighted by Crippen LogP contribution is -2.43. The van der Waals surface area contributed by atoms with Crippen molar-refractivity contribution in [3.8, 4) is 17.2 Å². The van der Waals surface area contributed by atoms with Gasteiger partial charge in [-0.2, -0.15) is 5.26 Å². The van der Waals surface area contributed by atoms with Crippen LogP contribution in [0.2, 0.25) is 0 Å². The molecule has 1 N–H and O–H groups in total. The first-order valence-electron chi connectivity index (χ1n) is 13.8. The molecule has 4 heterocycles. The molecular formula is C32H35N5S. The summed E-state index contributed by atoms with van der Waals surface area (Å²) in [6, 6.07) is 18.2. The van der Waals surface area contributed by atoms with Gasteiger partial charge in [-0.05, 0) is 92.9 Å². The van der Waals surface area contributed by atoms with E-state index < -0.39 is 0 Å². The van der Waals surface area contributed by atoms with Crippen LogP contribution in [-0.2, 0) is 6.54 Å². The summed E-state index contributed by atoms with van der Waals surface area (Å²) in [6.45, 7) is 10.2. The molecule has 2 aliphatic heterocycles. The number of nitrogens with one attached hydrogen (secondary N) is 1. The Balaban J connectivity index is 1.19. The highest BCUT2D eigenvalue weighted by atomic mass is 32.1. The summed E-state index contributed by atoms with van der Waals surface area (Å²) in [5.41, 5.74) is 8.06. The van der Waals surface area contributed by atoms with E-state index in [2.05, 4.69) is 87.9 Å². The minimum absolute atomic E-state index is 0.552. The zero-order valence-electron chi connectivity index (χ0n) is 22.3. The molecule has 2 aromatic carbocycles. The summed E-state index contributed by atoms with van der Waals surface area (Å²) >= 11 is 1.86. The third-order valence-corrected chi connectivity index (χ3v) is 9.13. The fourth-order valence-electron chi connectivity index (χ4n) is 6.07. The quantitative estimate of drug-likeness (QED) is 0.289. The van der Waals surface area contributed by atoms with E-state index in [1.54, 1.807) is 6.20 Å². The van der Waals surface area contributed by atoms with Gasteiger partial charge in [0, 0.05) is 47.8 Å². The van der Waals surface area contributed by atoms with Crippen LogP contribution in [0.4, 0.5) is 11.4 Å². The Morgan fingerprint density at radius 3 is 2.58 bits per heavy atom. The third kappa shape index (κ3) is 5.19. The predicted octanol–water partition coefficient (Wildman–Crippen LogP) is 7.26. The highest BCUT2D eigenvalue weighted by molar-refractivity contribution is 7.10. The van der Waals surface area contributed by atoms with Crippen molar-refractivity contribution in [2.75, 3.05) is 31.5 Å². The Morgan fingerprint density at radius 2 is 1.82 bits per heavy atom. The number of aromatic nitrogens is 1. The van der Waals surface area contributed by atoms with Gasteiger partial charge in [-0.25, -0.2) is 0 Å². The van der Waals surface area contributed by atoms with E-state index in [1.165, 1.54) is 73.4 Å². The van der Waals surface area contributed by atoms with E-state index in [4.69, 9.17) is 0 Å². The number of likely N-dealkylation sites (tertiary alicyclic amines) is 2. The smallest absolute Gasteiger partial charge is 0.103 e. The van der Waals surface area contributed by atoms with Crippen LogP contribution in [0, 0.1) is 25.2 Å². The predicted molar refractivity (Wildman–Crippen MR) is 158 cm³/mol. The normalized spacial score (nSPS) is 17.2. The van der Waals surface area contributed by atoms with E-state index in [9.17, 15) is 5.26 Å². The SMILES string of the molecule is Cc1ccc(Nc2c(C#N)cnc3cc(-c4csc(CN5CCC(N6CCCC6)CC5)c4)ccc23)c(C)c1. The Hall–Kier alpha value is -3.24. The molecule has 0 amide bonds. The molecule has 0 saturated carbocycles. The number of hydrogen-bond acceptors (Lipinski definition) is 6. The number of aryl methyl sites for hydroxylation is 2. The molecule has 2 saturated heterocycles. The maximum Gasteiger partial charge on any atom is 0.103 e. The number of piperidine rings is 1. The molecule has 4 aromatic rings. The molecule has 38 heavy (non-hydrogen) atoms. The Bertz CT molecular complexity index is 1490. The zero-order valence-corrected chi connectivity index (χ0v) is 23.2. The standard InChI is InChI=1S/C32H35N5S/c1-22-5-8-30(23(2)15-22)35-32-26(18-33)19-34-31-17-24(6-7-29(31)32)25-16-28(38-21-25)20-36-13-9-27(10-14-36)37-11-3-4-12-37/h5-8,15-17,19,21,27H,3-4,9-14,20H2,1-2H3,(H,34,35). The van der Waals surface area contributed by atoms with Crippen LogP contribution in [0.5, 0.6) is 0 Å². The first-order chi connectivity index (χ1) is 18.6. The summed E-state index contributed by atoms with van der Waals surface area (Å²) in [6.07, 6.45) is 7.05. The molecule has 6 heteroatoms. The molecule has 0 radical (unpaired) electrons. The lowest BCUT2D eigenvalue weighted by Gasteiger charge is -2.36. The minimum Gasteiger partial charge on any atom is -0.354 e. The van der Waals surface area contributed by atoms with E-state index in [-0.39, 0.29) is 0 Å². The van der Waals surface area contributed by atoms with Gasteiger partial charge in [-0.1, -0.05) is 29.8 Å². The Morgan fingerprint density at radius 1 is 1.00 bits per heavy atom. The van der Waals surface area contributed by atoms with Gasteiger partial charge in [0.2, 0.25) is 0 Å². The first-order valence-corrected chi connectivity index (χ1v) is 14.7. The van der Waals surface area contributed by atoms with Crippen molar-refractivity contribution < 1.29 is 0 Å². The Labute approximate surface area is 229 Å². The van der Waals surface area contributed by atoms with Crippen molar-refractivity contribution >= 4 is 33.6 Å². The Kier molecular flexibility index (Phi) is 7.16. The van der Waals surface area contributed by atoms with Crippen molar-refractivity contribution in [3.63, 3.8) is 0 Å². The van der Waals surface area contributed by atoms with E-state index in [1.807, 2.05) is 11.3 Å². The molecule has 6 rings (SSSR count). The fourth-order valence-corrected chi connectivity index (χ4v) is 7.00. The minimum atomic E-state index is 0.552. The van der Waals surface area contributed by atoms with Gasteiger partial charge in [0.25, 0.3) is 0 Å². The maximum absolute atomic E-state index is 9.77. The van der Waals surface area contributed by atoms with Crippen LogP contribution >= 0.6 is 11.3 Å². The fraction of sp³-hybridized carbons (Fsp3) is 0.375. The van der Waals surface area contributed by atoms with E-state index in [0.29, 0.717) is 5.56 Å². The van der Waals surface area contributed by atoms with Gasteiger partial charge < -0.3 is 10.2 Å². The van der Waals surface area contributed by atoms with Gasteiger partial charge >= 0.3 is 0 Å². The van der Waals surface area contributed by atoms with Crippen molar-refractivity contribution in [1.29, 1.82) is 5.26 Å². The molecule has 0 spiro atoms. The van der Waals surface area contributed by atoms with Crippen LogP contribution < -0.4 is 5.32 Å². The highest BCUT2D eigenvalue weighted by Crippen LogP contribution is 2.34. The second kappa shape index (κ2) is 10.9. The van der Waals surface area contributed by atoms with E-state index in [0.717, 1.165) is 40.4 Å². The summed E-state index contributed by atoms with van der Waals surface area (Å²) < 4.78 is 0. The lowest BCUT2D eigenvalue weighted by atomic mass is 10.0. The highest BCUT2D eigenvalue weighted by Gasteiger charge is 2.26. The number of pyridine rings is 1. The molecule has 2 fully saturated rings. The number of thiophene rings is 1. The number of benzene rings is 2. The monoisotopic (exact) mass is 521 g/mol. The number of nitrogens with zero attached hydrogens (tertiary/aromatic N) is 4. The summed E-state index contributed by atoms with van der Waals surface area (Å²) in [7, 11) is 0. The molecule has 5 nitrogen and oxygen atoms in total. The van der Waals surface area contributed by atoms with Crippen molar-refractivity contribution in [3.05, 3.63) is 75.6 Å². The number of nitriles is 1. The molecule has 0 bridgehead atoms. The number of hydrogen-bond donors (Lipinski definition) is 1. The van der Waals surface area contributed by atoms with Crippen molar-refractivity contribution in [2.24, 2.45) is 0 Å². The summed E-state index contributed by atoms with van der Waals surface area (Å²) in [5.74, 6) is 0. The van der Waals surface area contributed by atoms with Gasteiger partial charge in [0.15, 0.2) is 0 Å². The first kappa shape index (κ1) is 25.1. The molecule has 0 unspecified atom stereocenters. The molecular weight excluding hydrogens is 486 g/mol. The van der Waals surface area contributed by atoms with Crippen molar-refractivity contribution in [2.45, 2.75) is 52.1 Å². The van der Waals surface area contributed by atoms with Crippen LogP contribution in [-0.4, -0.2) is 47.0 Å². The topological polar surface area (TPSA) is 55.2 Å². The molecule has 2 aromatic heterocycles. The maximum atomic E-state index is 9.77. The van der Waals surface area contributed by atoms with E-state index >= 15 is 0 Å². The summed E-state index contributed by atoms with van der Waals surface area (Å²) in [5, 5.41) is 16.5. The average molecular weight is 522 g/mol. The van der Waals surface area contributed by atoms with Gasteiger partial charge in [-0.3, -0.25) is 9.88 Å². The molecule has 194 valence electrons. The second-order valence-electron chi connectivity index (χ2n) is 10.9. The number of rotatable bonds is 6. The van der Waals surface area contributed by atoms with Crippen LogP contribution in [0.25, 0.3) is 22.0 Å². The molecule has 2 aliphatic rings. The van der Waals surface area contributed by atoms with Crippen molar-refractivity contribution in [1.82, 2.24) is 14.8 Å². The zero-order chi connectivity index (χ0) is 26.1. The average Bonchev–Trinajstić information content (AvgIpc) is 3.63. The lowest BCUT2D eigenvalue weighted by molar-refractivity contribution is 0.123. The van der Waals surface area contributed by atoms with Crippen LogP contribution in [0.1, 0.15) is 47.3 Å².